The molecule has 1 heterocycles. The van der Waals surface area contributed by atoms with Crippen LogP contribution >= 0.6 is 0 Å². The molecule has 24 heavy (non-hydrogen) atoms. The zero-order chi connectivity index (χ0) is 17.3. The lowest BCUT2D eigenvalue weighted by molar-refractivity contribution is -0.137. The molecule has 0 unspecified atom stereocenters. The number of nitrogens with zero attached hydrogens (tertiary/aromatic N) is 2. The van der Waals surface area contributed by atoms with E-state index in [-0.39, 0.29) is 12.2 Å². The lowest BCUT2D eigenvalue weighted by atomic mass is 10.1. The number of imidazole rings is 1. The van der Waals surface area contributed by atoms with Crippen molar-refractivity contribution < 1.29 is 14.7 Å². The molecule has 0 saturated heterocycles. The van der Waals surface area contributed by atoms with Crippen molar-refractivity contribution in [1.82, 2.24) is 9.55 Å². The van der Waals surface area contributed by atoms with E-state index in [1.54, 1.807) is 12.1 Å². The Kier molecular flexibility index (Phi) is 4.16. The minimum absolute atomic E-state index is 0.0127. The Balaban J connectivity index is 2.17. The van der Waals surface area contributed by atoms with Crippen molar-refractivity contribution in [3.63, 3.8) is 0 Å². The first kappa shape index (κ1) is 15.9. The molecule has 0 bridgehead atoms. The summed E-state index contributed by atoms with van der Waals surface area (Å²) in [6.07, 6.45) is 0.0127. The van der Waals surface area contributed by atoms with E-state index < -0.39 is 5.97 Å². The van der Waals surface area contributed by atoms with Crippen LogP contribution in [0.3, 0.4) is 0 Å². The highest BCUT2D eigenvalue weighted by Crippen LogP contribution is 2.26. The Morgan fingerprint density at radius 2 is 1.83 bits per heavy atom. The highest BCUT2D eigenvalue weighted by Gasteiger charge is 2.14. The first-order valence-corrected chi connectivity index (χ1v) is 7.76. The summed E-state index contributed by atoms with van der Waals surface area (Å²) in [4.78, 5) is 27.2. The average Bonchev–Trinajstić information content (AvgIpc) is 2.91. The molecule has 5 heteroatoms. The lowest BCUT2D eigenvalue weighted by Gasteiger charge is -2.08. The number of hydrogen-bond donors (Lipinski definition) is 1. The van der Waals surface area contributed by atoms with Crippen LogP contribution in [0.4, 0.5) is 0 Å². The molecule has 0 spiro atoms. The summed E-state index contributed by atoms with van der Waals surface area (Å²) < 4.78 is 1.90. The molecular weight excluding hydrogens is 304 g/mol. The number of rotatable bonds is 5. The molecule has 3 aromatic rings. The maximum atomic E-state index is 11.6. The molecule has 0 aliphatic carbocycles. The fourth-order valence-corrected chi connectivity index (χ4v) is 2.71. The molecule has 0 atom stereocenters. The summed E-state index contributed by atoms with van der Waals surface area (Å²) >= 11 is 0. The van der Waals surface area contributed by atoms with E-state index in [1.807, 2.05) is 41.8 Å². The Morgan fingerprint density at radius 3 is 2.46 bits per heavy atom. The Morgan fingerprint density at radius 1 is 1.12 bits per heavy atom. The number of carboxylic acids is 1. The van der Waals surface area contributed by atoms with Crippen LogP contribution in [0.15, 0.2) is 42.5 Å². The van der Waals surface area contributed by atoms with Gasteiger partial charge in [-0.3, -0.25) is 9.59 Å². The van der Waals surface area contributed by atoms with Gasteiger partial charge in [0.1, 0.15) is 5.82 Å². The van der Waals surface area contributed by atoms with Crippen molar-refractivity contribution in [3.05, 3.63) is 53.6 Å². The number of Topliss-reactive ketones (excluding diaryl/α,β-unsaturated/α-hetero) is 1. The molecule has 0 aliphatic rings. The summed E-state index contributed by atoms with van der Waals surface area (Å²) in [6.45, 7) is 3.86. The molecule has 5 nitrogen and oxygen atoms in total. The molecule has 1 aromatic heterocycles. The second-order valence-corrected chi connectivity index (χ2v) is 5.86. The highest BCUT2D eigenvalue weighted by atomic mass is 16.4. The maximum absolute atomic E-state index is 11.6. The second-order valence-electron chi connectivity index (χ2n) is 5.86. The number of ketones is 1. The van der Waals surface area contributed by atoms with Gasteiger partial charge in [-0.25, -0.2) is 4.98 Å². The van der Waals surface area contributed by atoms with Gasteiger partial charge >= 0.3 is 5.97 Å². The van der Waals surface area contributed by atoms with Crippen LogP contribution < -0.4 is 0 Å². The lowest BCUT2D eigenvalue weighted by Crippen LogP contribution is -2.06. The monoisotopic (exact) mass is 322 g/mol. The van der Waals surface area contributed by atoms with Gasteiger partial charge in [-0.05, 0) is 32.0 Å². The summed E-state index contributed by atoms with van der Waals surface area (Å²) in [7, 11) is 0. The zero-order valence-electron chi connectivity index (χ0n) is 13.6. The third-order valence-electron chi connectivity index (χ3n) is 4.01. The number of carbonyl (C=O) groups is 2. The predicted molar refractivity (Wildman–Crippen MR) is 92.2 cm³/mol. The Bertz CT molecular complexity index is 924. The smallest absolute Gasteiger partial charge is 0.305 e. The van der Waals surface area contributed by atoms with E-state index >= 15 is 0 Å². The van der Waals surface area contributed by atoms with Crippen LogP contribution in [0.25, 0.3) is 22.4 Å². The van der Waals surface area contributed by atoms with Gasteiger partial charge in [-0.15, -0.1) is 0 Å². The molecule has 0 radical (unpaired) electrons. The molecule has 0 saturated carbocycles. The minimum Gasteiger partial charge on any atom is -0.481 e. The molecule has 0 amide bonds. The van der Waals surface area contributed by atoms with Gasteiger partial charge < -0.3 is 9.67 Å². The summed E-state index contributed by atoms with van der Waals surface area (Å²) in [5, 5.41) is 9.02. The Labute approximate surface area is 139 Å². The van der Waals surface area contributed by atoms with Crippen molar-refractivity contribution in [2.45, 2.75) is 26.8 Å². The van der Waals surface area contributed by atoms with Crippen LogP contribution in [-0.2, 0) is 11.3 Å². The van der Waals surface area contributed by atoms with Crippen molar-refractivity contribution in [2.75, 3.05) is 0 Å². The molecule has 2 aromatic carbocycles. The van der Waals surface area contributed by atoms with Crippen LogP contribution in [0.2, 0.25) is 0 Å². The first-order chi connectivity index (χ1) is 11.5. The third kappa shape index (κ3) is 3.06. The van der Waals surface area contributed by atoms with Gasteiger partial charge in [0.15, 0.2) is 5.78 Å². The van der Waals surface area contributed by atoms with Crippen molar-refractivity contribution in [1.29, 1.82) is 0 Å². The van der Waals surface area contributed by atoms with Crippen LogP contribution in [0.1, 0.15) is 29.3 Å². The quantitative estimate of drug-likeness (QED) is 0.727. The number of benzene rings is 2. The van der Waals surface area contributed by atoms with E-state index in [0.717, 1.165) is 16.6 Å². The minimum atomic E-state index is -0.855. The van der Waals surface area contributed by atoms with Gasteiger partial charge in [-0.2, -0.15) is 0 Å². The summed E-state index contributed by atoms with van der Waals surface area (Å²) in [5.41, 5.74) is 4.19. The summed E-state index contributed by atoms with van der Waals surface area (Å²) in [6, 6.07) is 13.3. The molecule has 1 N–H and O–H groups in total. The molecule has 3 rings (SSSR count). The van der Waals surface area contributed by atoms with E-state index in [2.05, 4.69) is 4.98 Å². The number of carboxylic acid groups (broad SMARTS) is 1. The maximum Gasteiger partial charge on any atom is 0.305 e. The number of aromatic nitrogens is 2. The largest absolute Gasteiger partial charge is 0.481 e. The van der Waals surface area contributed by atoms with E-state index in [4.69, 9.17) is 5.11 Å². The van der Waals surface area contributed by atoms with Crippen LogP contribution in [0.5, 0.6) is 0 Å². The van der Waals surface area contributed by atoms with E-state index in [1.165, 1.54) is 6.92 Å². The SMILES string of the molecule is CC(=O)c1ccc2c(c1)nc(-c1ccc(C)cc1)n2CCC(=O)O. The van der Waals surface area contributed by atoms with Gasteiger partial charge in [-0.1, -0.05) is 29.8 Å². The van der Waals surface area contributed by atoms with Gasteiger partial charge in [0.25, 0.3) is 0 Å². The summed E-state index contributed by atoms with van der Waals surface area (Å²) in [5.74, 6) is -0.159. The van der Waals surface area contributed by atoms with Crippen molar-refractivity contribution in [3.8, 4) is 11.4 Å². The number of aliphatic carboxylic acids is 1. The fraction of sp³-hybridized carbons (Fsp3) is 0.211. The number of hydrogen-bond acceptors (Lipinski definition) is 3. The zero-order valence-corrected chi connectivity index (χ0v) is 13.6. The number of aryl methyl sites for hydroxylation is 2. The molecule has 122 valence electrons. The highest BCUT2D eigenvalue weighted by molar-refractivity contribution is 5.97. The van der Waals surface area contributed by atoms with Crippen LogP contribution in [-0.4, -0.2) is 26.4 Å². The Hall–Kier alpha value is -2.95. The number of carbonyl (C=O) groups excluding carboxylic acids is 1. The first-order valence-electron chi connectivity index (χ1n) is 7.76. The van der Waals surface area contributed by atoms with Crippen molar-refractivity contribution in [2.24, 2.45) is 0 Å². The third-order valence-corrected chi connectivity index (χ3v) is 4.01. The van der Waals surface area contributed by atoms with Crippen molar-refractivity contribution >= 4 is 22.8 Å². The second kappa shape index (κ2) is 6.28. The topological polar surface area (TPSA) is 72.2 Å². The normalized spacial score (nSPS) is 10.9. The molecular formula is C19H18N2O3. The standard InChI is InChI=1S/C19H18N2O3/c1-12-3-5-14(6-4-12)19-20-16-11-15(13(2)22)7-8-17(16)21(19)10-9-18(23)24/h3-8,11H,9-10H2,1-2H3,(H,23,24). The van der Waals surface area contributed by atoms with Gasteiger partial charge in [0.2, 0.25) is 0 Å². The fourth-order valence-electron chi connectivity index (χ4n) is 2.71. The van der Waals surface area contributed by atoms with Crippen LogP contribution in [0, 0.1) is 6.92 Å². The van der Waals surface area contributed by atoms with Gasteiger partial charge in [0.05, 0.1) is 17.5 Å². The predicted octanol–water partition coefficient (Wildman–Crippen LogP) is 3.69. The van der Waals surface area contributed by atoms with Gasteiger partial charge in [0, 0.05) is 17.7 Å². The molecule has 0 aliphatic heterocycles. The van der Waals surface area contributed by atoms with E-state index in [9.17, 15) is 9.59 Å². The average molecular weight is 322 g/mol. The number of fused-ring (bicyclic) bond motifs is 1. The van der Waals surface area contributed by atoms with E-state index in [0.29, 0.717) is 23.4 Å². The molecule has 0 fully saturated rings.